The lowest BCUT2D eigenvalue weighted by Crippen LogP contribution is -2.01. The zero-order valence-electron chi connectivity index (χ0n) is 14.5. The molecule has 0 aliphatic rings. The van der Waals surface area contributed by atoms with E-state index in [0.29, 0.717) is 28.9 Å². The molecule has 0 aliphatic carbocycles. The van der Waals surface area contributed by atoms with E-state index in [0.717, 1.165) is 12.8 Å². The lowest BCUT2D eigenvalue weighted by Gasteiger charge is -2.16. The molecule has 128 valence electrons. The molecule has 0 amide bonds. The van der Waals surface area contributed by atoms with Gasteiger partial charge in [0.05, 0.1) is 20.3 Å². The van der Waals surface area contributed by atoms with E-state index in [-0.39, 0.29) is 19.0 Å². The molecule has 0 spiro atoms. The van der Waals surface area contributed by atoms with Crippen LogP contribution in [0.5, 0.6) is 11.5 Å². The smallest absolute Gasteiger partial charge is 0.128 e. The highest BCUT2D eigenvalue weighted by Gasteiger charge is 2.16. The summed E-state index contributed by atoms with van der Waals surface area (Å²) in [6.45, 7) is 5.67. The standard InChI is InChI=1S/C19H28O4/c1-13(2)6-5-7-14(3)8-9-16-18(23-4)10-15(11-20)17(12-21)19(16)22/h6,8,10,20-22H,5,7,9,11-12H2,1-4H3. The predicted molar refractivity (Wildman–Crippen MR) is 92.6 cm³/mol. The highest BCUT2D eigenvalue weighted by molar-refractivity contribution is 5.54. The second kappa shape index (κ2) is 9.38. The van der Waals surface area contributed by atoms with E-state index < -0.39 is 0 Å². The van der Waals surface area contributed by atoms with Gasteiger partial charge in [0, 0.05) is 11.1 Å². The normalized spacial score (nSPS) is 11.5. The molecule has 0 saturated carbocycles. The highest BCUT2D eigenvalue weighted by atomic mass is 16.5. The molecule has 1 rings (SSSR count). The van der Waals surface area contributed by atoms with Crippen LogP contribution in [0.2, 0.25) is 0 Å². The lowest BCUT2D eigenvalue weighted by atomic mass is 9.98. The van der Waals surface area contributed by atoms with Crippen molar-refractivity contribution >= 4 is 0 Å². The average molecular weight is 320 g/mol. The molecule has 0 unspecified atom stereocenters. The predicted octanol–water partition coefficient (Wildman–Crippen LogP) is 3.62. The Kier molecular flexibility index (Phi) is 7.86. The van der Waals surface area contributed by atoms with Gasteiger partial charge in [-0.15, -0.1) is 0 Å². The first-order chi connectivity index (χ1) is 10.9. The number of benzene rings is 1. The van der Waals surface area contributed by atoms with Crippen LogP contribution in [0.1, 0.15) is 50.3 Å². The lowest BCUT2D eigenvalue weighted by molar-refractivity contribution is 0.253. The minimum absolute atomic E-state index is 0.00393. The van der Waals surface area contributed by atoms with Crippen molar-refractivity contribution in [1.29, 1.82) is 0 Å². The molecule has 1 aromatic carbocycles. The molecule has 0 aliphatic heterocycles. The third kappa shape index (κ3) is 5.41. The number of hydrogen-bond donors (Lipinski definition) is 3. The summed E-state index contributed by atoms with van der Waals surface area (Å²) < 4.78 is 5.32. The van der Waals surface area contributed by atoms with Crippen molar-refractivity contribution in [3.8, 4) is 11.5 Å². The fourth-order valence-electron chi connectivity index (χ4n) is 2.45. The number of rotatable bonds is 8. The average Bonchev–Trinajstić information content (AvgIpc) is 2.52. The van der Waals surface area contributed by atoms with E-state index >= 15 is 0 Å². The Labute approximate surface area is 138 Å². The van der Waals surface area contributed by atoms with Gasteiger partial charge < -0.3 is 20.1 Å². The maximum atomic E-state index is 10.4. The van der Waals surface area contributed by atoms with Gasteiger partial charge in [0.2, 0.25) is 0 Å². The minimum Gasteiger partial charge on any atom is -0.507 e. The molecule has 4 heteroatoms. The Bertz CT molecular complexity index is 582. The summed E-state index contributed by atoms with van der Waals surface area (Å²) in [4.78, 5) is 0. The molecule has 1 aromatic rings. The van der Waals surface area contributed by atoms with Gasteiger partial charge in [0.1, 0.15) is 11.5 Å². The van der Waals surface area contributed by atoms with Crippen molar-refractivity contribution in [1.82, 2.24) is 0 Å². The van der Waals surface area contributed by atoms with E-state index in [2.05, 4.69) is 32.9 Å². The van der Waals surface area contributed by atoms with Gasteiger partial charge in [-0.1, -0.05) is 23.3 Å². The van der Waals surface area contributed by atoms with Gasteiger partial charge in [-0.25, -0.2) is 0 Å². The molecule has 0 atom stereocenters. The number of aromatic hydroxyl groups is 1. The topological polar surface area (TPSA) is 69.9 Å². The minimum atomic E-state index is -0.317. The van der Waals surface area contributed by atoms with Crippen LogP contribution in [0.25, 0.3) is 0 Å². The van der Waals surface area contributed by atoms with Crippen LogP contribution in [0.15, 0.2) is 29.4 Å². The van der Waals surface area contributed by atoms with Crippen molar-refractivity contribution in [2.45, 2.75) is 53.2 Å². The number of aliphatic hydroxyl groups excluding tert-OH is 2. The second-order valence-corrected chi connectivity index (χ2v) is 5.93. The SMILES string of the molecule is COc1cc(CO)c(CO)c(O)c1CC=C(C)CCC=C(C)C. The van der Waals surface area contributed by atoms with Crippen LogP contribution < -0.4 is 4.74 Å². The van der Waals surface area contributed by atoms with E-state index in [9.17, 15) is 15.3 Å². The molecular weight excluding hydrogens is 292 g/mol. The van der Waals surface area contributed by atoms with Crippen LogP contribution in [0.3, 0.4) is 0 Å². The van der Waals surface area contributed by atoms with Crippen LogP contribution in [0.4, 0.5) is 0 Å². The first-order valence-corrected chi connectivity index (χ1v) is 7.85. The molecule has 0 aromatic heterocycles. The van der Waals surface area contributed by atoms with Gasteiger partial charge in [-0.05, 0) is 51.7 Å². The van der Waals surface area contributed by atoms with Crippen molar-refractivity contribution < 1.29 is 20.1 Å². The Morgan fingerprint density at radius 3 is 2.30 bits per heavy atom. The molecule has 3 N–H and O–H groups in total. The third-order valence-electron chi connectivity index (χ3n) is 3.86. The van der Waals surface area contributed by atoms with Crippen LogP contribution in [-0.4, -0.2) is 22.4 Å². The van der Waals surface area contributed by atoms with Gasteiger partial charge in [-0.2, -0.15) is 0 Å². The maximum Gasteiger partial charge on any atom is 0.128 e. The highest BCUT2D eigenvalue weighted by Crippen LogP contribution is 2.35. The molecular formula is C19H28O4. The number of methoxy groups -OCH3 is 1. The molecule has 0 saturated heterocycles. The second-order valence-electron chi connectivity index (χ2n) is 5.93. The number of aliphatic hydroxyl groups is 2. The number of ether oxygens (including phenoxy) is 1. The van der Waals surface area contributed by atoms with Gasteiger partial charge in [0.15, 0.2) is 0 Å². The monoisotopic (exact) mass is 320 g/mol. The Morgan fingerprint density at radius 1 is 1.09 bits per heavy atom. The zero-order chi connectivity index (χ0) is 17.4. The van der Waals surface area contributed by atoms with E-state index in [4.69, 9.17) is 4.74 Å². The van der Waals surface area contributed by atoms with Crippen LogP contribution in [0, 0.1) is 0 Å². The Morgan fingerprint density at radius 2 is 1.78 bits per heavy atom. The quantitative estimate of drug-likeness (QED) is 0.640. The summed E-state index contributed by atoms with van der Waals surface area (Å²) in [5.41, 5.74) is 4.02. The Balaban J connectivity index is 3.01. The van der Waals surface area contributed by atoms with Crippen molar-refractivity contribution in [2.24, 2.45) is 0 Å². The maximum absolute atomic E-state index is 10.4. The zero-order valence-corrected chi connectivity index (χ0v) is 14.5. The largest absolute Gasteiger partial charge is 0.507 e. The van der Waals surface area contributed by atoms with Crippen molar-refractivity contribution in [2.75, 3.05) is 7.11 Å². The third-order valence-corrected chi connectivity index (χ3v) is 3.86. The number of allylic oxidation sites excluding steroid dienone is 4. The molecule has 4 nitrogen and oxygen atoms in total. The first kappa shape index (κ1) is 19.3. The van der Waals surface area contributed by atoms with Crippen LogP contribution in [-0.2, 0) is 19.6 Å². The van der Waals surface area contributed by atoms with E-state index in [1.54, 1.807) is 6.07 Å². The van der Waals surface area contributed by atoms with Crippen molar-refractivity contribution in [3.05, 3.63) is 46.1 Å². The number of hydrogen-bond acceptors (Lipinski definition) is 4. The van der Waals surface area contributed by atoms with Gasteiger partial charge in [0.25, 0.3) is 0 Å². The molecule has 0 heterocycles. The molecule has 0 fully saturated rings. The van der Waals surface area contributed by atoms with Gasteiger partial charge >= 0.3 is 0 Å². The summed E-state index contributed by atoms with van der Waals surface area (Å²) in [7, 11) is 1.53. The summed E-state index contributed by atoms with van der Waals surface area (Å²) in [5, 5.41) is 29.2. The first-order valence-electron chi connectivity index (χ1n) is 7.85. The van der Waals surface area contributed by atoms with E-state index in [1.807, 2.05) is 0 Å². The summed E-state index contributed by atoms with van der Waals surface area (Å²) in [6, 6.07) is 1.67. The summed E-state index contributed by atoms with van der Waals surface area (Å²) >= 11 is 0. The van der Waals surface area contributed by atoms with Crippen molar-refractivity contribution in [3.63, 3.8) is 0 Å². The fraction of sp³-hybridized carbons (Fsp3) is 0.474. The summed E-state index contributed by atoms with van der Waals surface area (Å²) in [6.07, 6.45) is 6.76. The van der Waals surface area contributed by atoms with E-state index in [1.165, 1.54) is 18.3 Å². The number of phenols is 1. The molecule has 23 heavy (non-hydrogen) atoms. The molecule has 0 bridgehead atoms. The van der Waals surface area contributed by atoms with Crippen LogP contribution >= 0.6 is 0 Å². The van der Waals surface area contributed by atoms with Gasteiger partial charge in [-0.3, -0.25) is 0 Å². The Hall–Kier alpha value is -1.78. The fourth-order valence-corrected chi connectivity index (χ4v) is 2.45. The molecule has 0 radical (unpaired) electrons. The summed E-state index contributed by atoms with van der Waals surface area (Å²) in [5.74, 6) is 0.529.